The highest BCUT2D eigenvalue weighted by molar-refractivity contribution is 7.92. The van der Waals surface area contributed by atoms with Crippen LogP contribution in [-0.4, -0.2) is 87.6 Å². The van der Waals surface area contributed by atoms with Crippen molar-refractivity contribution in [2.75, 3.05) is 58.7 Å². The number of nitrogens with one attached hydrogen (secondary N) is 1. The summed E-state index contributed by atoms with van der Waals surface area (Å²) >= 11 is 5.88. The Kier molecular flexibility index (Phi) is 8.60. The van der Waals surface area contributed by atoms with Gasteiger partial charge in [-0.2, -0.15) is 0 Å². The average molecular weight is 445 g/mol. The molecule has 7 nitrogen and oxygen atoms in total. The van der Waals surface area contributed by atoms with Crippen LogP contribution < -0.4 is 10.1 Å². The van der Waals surface area contributed by atoms with Gasteiger partial charge in [0.2, 0.25) is 0 Å². The maximum atomic E-state index is 12.2. The van der Waals surface area contributed by atoms with Crippen LogP contribution in [0.1, 0.15) is 20.8 Å². The maximum absolute atomic E-state index is 12.2. The van der Waals surface area contributed by atoms with E-state index in [2.05, 4.69) is 20.1 Å². The van der Waals surface area contributed by atoms with Crippen molar-refractivity contribution in [1.29, 1.82) is 0 Å². The molecule has 1 heterocycles. The molecule has 29 heavy (non-hydrogen) atoms. The number of rotatable bonds is 7. The molecule has 1 aromatic rings. The minimum absolute atomic E-state index is 0.0948. The predicted octanol–water partition coefficient (Wildman–Crippen LogP) is 2.13. The summed E-state index contributed by atoms with van der Waals surface area (Å²) in [5.74, 6) is 1.67. The molecule has 164 valence electrons. The van der Waals surface area contributed by atoms with Crippen LogP contribution in [0.3, 0.4) is 0 Å². The fourth-order valence-corrected chi connectivity index (χ4v) is 4.05. The lowest BCUT2D eigenvalue weighted by Gasteiger charge is -2.36. The Balaban J connectivity index is 1.70. The van der Waals surface area contributed by atoms with Crippen molar-refractivity contribution in [3.05, 3.63) is 29.3 Å². The molecule has 0 unspecified atom stereocenters. The fraction of sp³-hybridized carbons (Fsp3) is 0.650. The molecule has 1 aliphatic heterocycles. The fourth-order valence-electron chi connectivity index (χ4n) is 2.94. The molecule has 0 spiro atoms. The van der Waals surface area contributed by atoms with Crippen LogP contribution in [0, 0.1) is 0 Å². The highest BCUT2D eigenvalue weighted by Crippen LogP contribution is 2.16. The number of hydrogen-bond donors (Lipinski definition) is 1. The molecule has 2 rings (SSSR count). The van der Waals surface area contributed by atoms with E-state index in [1.54, 1.807) is 27.8 Å². The van der Waals surface area contributed by atoms with Gasteiger partial charge in [0.25, 0.3) is 0 Å². The normalized spacial score (nSPS) is 16.7. The van der Waals surface area contributed by atoms with E-state index in [0.717, 1.165) is 44.4 Å². The molecule has 9 heteroatoms. The summed E-state index contributed by atoms with van der Waals surface area (Å²) in [6.07, 6.45) is 0. The Morgan fingerprint density at radius 2 is 1.79 bits per heavy atom. The first-order chi connectivity index (χ1) is 13.6. The first-order valence-electron chi connectivity index (χ1n) is 9.91. The Morgan fingerprint density at radius 3 is 2.34 bits per heavy atom. The van der Waals surface area contributed by atoms with Crippen molar-refractivity contribution in [2.45, 2.75) is 25.5 Å². The Morgan fingerprint density at radius 1 is 1.17 bits per heavy atom. The summed E-state index contributed by atoms with van der Waals surface area (Å²) < 4.78 is 29.5. The van der Waals surface area contributed by atoms with Gasteiger partial charge >= 0.3 is 0 Å². The second kappa shape index (κ2) is 10.5. The maximum Gasteiger partial charge on any atom is 0.193 e. The third-order valence-corrected chi connectivity index (χ3v) is 7.82. The average Bonchev–Trinajstić information content (AvgIpc) is 2.67. The number of halogens is 1. The lowest BCUT2D eigenvalue weighted by Crippen LogP contribution is -2.53. The molecule has 0 saturated carbocycles. The number of hydrogen-bond acceptors (Lipinski definition) is 5. The van der Waals surface area contributed by atoms with Crippen LogP contribution in [0.25, 0.3) is 0 Å². The second-order valence-corrected chi connectivity index (χ2v) is 11.3. The third kappa shape index (κ3) is 7.35. The lowest BCUT2D eigenvalue weighted by molar-refractivity contribution is 0.152. The first-order valence-corrected chi connectivity index (χ1v) is 11.9. The minimum atomic E-state index is -3.14. The molecular weight excluding hydrogens is 412 g/mol. The molecule has 0 aromatic heterocycles. The summed E-state index contributed by atoms with van der Waals surface area (Å²) in [5, 5.41) is 3.89. The molecule has 0 radical (unpaired) electrons. The van der Waals surface area contributed by atoms with Gasteiger partial charge in [0.15, 0.2) is 15.8 Å². The quantitative estimate of drug-likeness (QED) is 0.513. The molecular formula is C20H33ClN4O3S. The van der Waals surface area contributed by atoms with Gasteiger partial charge in [0.1, 0.15) is 12.4 Å². The van der Waals surface area contributed by atoms with Crippen molar-refractivity contribution >= 4 is 27.4 Å². The van der Waals surface area contributed by atoms with E-state index in [1.165, 1.54) is 0 Å². The van der Waals surface area contributed by atoms with E-state index in [4.69, 9.17) is 16.3 Å². The summed E-state index contributed by atoms with van der Waals surface area (Å²) in [4.78, 5) is 8.83. The molecule has 0 amide bonds. The van der Waals surface area contributed by atoms with Crippen molar-refractivity contribution in [1.82, 2.24) is 15.1 Å². The number of piperazine rings is 1. The third-order valence-electron chi connectivity index (χ3n) is 4.96. The van der Waals surface area contributed by atoms with Crippen LogP contribution in [0.15, 0.2) is 29.3 Å². The number of guanidine groups is 1. The number of ether oxygens (including phenoxy) is 1. The van der Waals surface area contributed by atoms with Gasteiger partial charge in [0.05, 0.1) is 10.5 Å². The monoisotopic (exact) mass is 444 g/mol. The van der Waals surface area contributed by atoms with E-state index in [0.29, 0.717) is 18.2 Å². The Hall–Kier alpha value is -1.51. The van der Waals surface area contributed by atoms with Crippen molar-refractivity contribution in [3.63, 3.8) is 0 Å². The summed E-state index contributed by atoms with van der Waals surface area (Å²) in [7, 11) is -1.41. The topological polar surface area (TPSA) is 74.2 Å². The SMILES string of the molecule is CN=C(NCCS(=O)(=O)C(C)(C)C)N1CCN(CCOc2ccc(Cl)cc2)CC1. The number of benzene rings is 1. The Bertz CT molecular complexity index is 768. The first kappa shape index (κ1) is 23.8. The van der Waals surface area contributed by atoms with Gasteiger partial charge in [-0.05, 0) is 45.0 Å². The van der Waals surface area contributed by atoms with Crippen molar-refractivity contribution in [2.24, 2.45) is 4.99 Å². The van der Waals surface area contributed by atoms with Crippen molar-refractivity contribution in [3.8, 4) is 5.75 Å². The van der Waals surface area contributed by atoms with Gasteiger partial charge in [0, 0.05) is 51.3 Å². The molecule has 0 aliphatic carbocycles. The van der Waals surface area contributed by atoms with E-state index in [9.17, 15) is 8.42 Å². The van der Waals surface area contributed by atoms with Gasteiger partial charge in [-0.1, -0.05) is 11.6 Å². The van der Waals surface area contributed by atoms with Crippen molar-refractivity contribution < 1.29 is 13.2 Å². The zero-order chi connectivity index (χ0) is 21.5. The summed E-state index contributed by atoms with van der Waals surface area (Å²) in [6, 6.07) is 7.38. The van der Waals surface area contributed by atoms with Gasteiger partial charge in [-0.15, -0.1) is 0 Å². The summed E-state index contributed by atoms with van der Waals surface area (Å²) in [5.41, 5.74) is 0. The highest BCUT2D eigenvalue weighted by Gasteiger charge is 2.28. The van der Waals surface area contributed by atoms with E-state index < -0.39 is 14.6 Å². The van der Waals surface area contributed by atoms with Crippen LogP contribution in [0.4, 0.5) is 0 Å². The van der Waals surface area contributed by atoms with Gasteiger partial charge in [-0.25, -0.2) is 8.42 Å². The molecule has 0 bridgehead atoms. The predicted molar refractivity (Wildman–Crippen MR) is 120 cm³/mol. The zero-order valence-electron chi connectivity index (χ0n) is 17.8. The molecule has 1 fully saturated rings. The molecule has 0 atom stereocenters. The Labute approximate surface area is 180 Å². The van der Waals surface area contributed by atoms with Crippen LogP contribution in [0.2, 0.25) is 5.02 Å². The number of aliphatic imine (C=N–C) groups is 1. The molecule has 1 N–H and O–H groups in total. The zero-order valence-corrected chi connectivity index (χ0v) is 19.4. The summed E-state index contributed by atoms with van der Waals surface area (Å²) in [6.45, 7) is 10.5. The lowest BCUT2D eigenvalue weighted by atomic mass is 10.3. The van der Waals surface area contributed by atoms with Crippen LogP contribution >= 0.6 is 11.6 Å². The molecule has 1 aromatic carbocycles. The van der Waals surface area contributed by atoms with E-state index >= 15 is 0 Å². The van der Waals surface area contributed by atoms with Gasteiger partial charge in [-0.3, -0.25) is 9.89 Å². The van der Waals surface area contributed by atoms with Crippen LogP contribution in [0.5, 0.6) is 5.75 Å². The molecule has 1 aliphatic rings. The number of nitrogens with zero attached hydrogens (tertiary/aromatic N) is 3. The molecule has 1 saturated heterocycles. The van der Waals surface area contributed by atoms with E-state index in [1.807, 2.05) is 24.3 Å². The minimum Gasteiger partial charge on any atom is -0.492 e. The van der Waals surface area contributed by atoms with E-state index in [-0.39, 0.29) is 5.75 Å². The van der Waals surface area contributed by atoms with Gasteiger partial charge < -0.3 is 15.0 Å². The number of sulfone groups is 1. The van der Waals surface area contributed by atoms with Crippen LogP contribution in [-0.2, 0) is 9.84 Å². The largest absolute Gasteiger partial charge is 0.492 e. The smallest absolute Gasteiger partial charge is 0.193 e. The second-order valence-electron chi connectivity index (χ2n) is 8.04. The highest BCUT2D eigenvalue weighted by atomic mass is 35.5. The standard InChI is InChI=1S/C20H33ClN4O3S/c1-20(2,3)29(26,27)16-9-23-19(22-4)25-12-10-24(11-13-25)14-15-28-18-7-5-17(21)6-8-18/h5-8H,9-16H2,1-4H3,(H,22,23).